The van der Waals surface area contributed by atoms with Crippen molar-refractivity contribution in [3.05, 3.63) is 69.8 Å². The molecule has 178 valence electrons. The first-order chi connectivity index (χ1) is 16.0. The van der Waals surface area contributed by atoms with E-state index in [9.17, 15) is 18.0 Å². The maximum Gasteiger partial charge on any atom is 0.417 e. The molecule has 0 bridgehead atoms. The highest BCUT2D eigenvalue weighted by Crippen LogP contribution is 2.36. The van der Waals surface area contributed by atoms with Crippen LogP contribution in [0.2, 0.25) is 0 Å². The average molecular weight is 470 g/mol. The number of aromatic nitrogens is 5. The average Bonchev–Trinajstić information content (AvgIpc) is 3.19. The maximum absolute atomic E-state index is 13.6. The Kier molecular flexibility index (Phi) is 5.93. The summed E-state index contributed by atoms with van der Waals surface area (Å²) in [5.41, 5.74) is 3.86. The van der Waals surface area contributed by atoms with Crippen molar-refractivity contribution < 1.29 is 18.0 Å². The van der Waals surface area contributed by atoms with E-state index in [-0.39, 0.29) is 29.0 Å². The van der Waals surface area contributed by atoms with Crippen LogP contribution >= 0.6 is 0 Å². The standard InChI is InChI=1S/C24H25F3N6O/c1-13-8-6-7-9-18(13)11-32-17(5)22(16(4)31-32)29-20(34)12-33-23-21(15(3)30-33)19(24(25,26)27)10-14(2)28-23/h6-10H,11-12H2,1-5H3,(H,29,34). The number of halogens is 3. The minimum Gasteiger partial charge on any atom is -0.321 e. The molecule has 0 aliphatic carbocycles. The lowest BCUT2D eigenvalue weighted by Crippen LogP contribution is -2.20. The summed E-state index contributed by atoms with van der Waals surface area (Å²) in [4.78, 5) is 17.1. The summed E-state index contributed by atoms with van der Waals surface area (Å²) in [6.45, 7) is 8.93. The Hall–Kier alpha value is -3.69. The molecular formula is C24H25F3N6O. The van der Waals surface area contributed by atoms with Crippen LogP contribution in [0.15, 0.2) is 30.3 Å². The minimum atomic E-state index is -4.55. The fourth-order valence-corrected chi connectivity index (χ4v) is 4.11. The van der Waals surface area contributed by atoms with Gasteiger partial charge in [0, 0.05) is 5.69 Å². The quantitative estimate of drug-likeness (QED) is 0.451. The number of nitrogens with zero attached hydrogens (tertiary/aromatic N) is 5. The predicted molar refractivity (Wildman–Crippen MR) is 123 cm³/mol. The molecule has 1 aromatic carbocycles. The molecule has 0 spiro atoms. The van der Waals surface area contributed by atoms with Crippen LogP contribution in [0.4, 0.5) is 18.9 Å². The molecule has 0 atom stereocenters. The van der Waals surface area contributed by atoms with Gasteiger partial charge in [0.1, 0.15) is 6.54 Å². The van der Waals surface area contributed by atoms with Crippen LogP contribution in [0.3, 0.4) is 0 Å². The second-order valence-corrected chi connectivity index (χ2v) is 8.43. The van der Waals surface area contributed by atoms with Crippen LogP contribution in [0.25, 0.3) is 11.0 Å². The van der Waals surface area contributed by atoms with Crippen molar-refractivity contribution in [1.29, 1.82) is 0 Å². The lowest BCUT2D eigenvalue weighted by molar-refractivity contribution is -0.136. The molecule has 4 aromatic rings. The summed E-state index contributed by atoms with van der Waals surface area (Å²) in [7, 11) is 0. The van der Waals surface area contributed by atoms with E-state index >= 15 is 0 Å². The van der Waals surface area contributed by atoms with Gasteiger partial charge in [-0.1, -0.05) is 24.3 Å². The number of pyridine rings is 1. The van der Waals surface area contributed by atoms with Gasteiger partial charge in [0.25, 0.3) is 0 Å². The Morgan fingerprint density at radius 2 is 1.68 bits per heavy atom. The van der Waals surface area contributed by atoms with E-state index in [0.29, 0.717) is 17.9 Å². The summed E-state index contributed by atoms with van der Waals surface area (Å²) in [6, 6.07) is 8.99. The predicted octanol–water partition coefficient (Wildman–Crippen LogP) is 4.88. The second kappa shape index (κ2) is 8.58. The normalized spacial score (nSPS) is 11.9. The monoisotopic (exact) mass is 470 g/mol. The van der Waals surface area contributed by atoms with Crippen molar-refractivity contribution in [3.8, 4) is 0 Å². The molecule has 0 radical (unpaired) electrons. The van der Waals surface area contributed by atoms with E-state index in [4.69, 9.17) is 0 Å². The zero-order valence-electron chi connectivity index (χ0n) is 19.6. The first kappa shape index (κ1) is 23.5. The molecule has 0 unspecified atom stereocenters. The summed E-state index contributed by atoms with van der Waals surface area (Å²) in [6.07, 6.45) is -4.55. The number of nitrogens with one attached hydrogen (secondary N) is 1. The van der Waals surface area contributed by atoms with Gasteiger partial charge >= 0.3 is 6.18 Å². The van der Waals surface area contributed by atoms with Gasteiger partial charge in [-0.05, 0) is 51.8 Å². The number of carbonyl (C=O) groups excluding carboxylic acids is 1. The van der Waals surface area contributed by atoms with Gasteiger partial charge in [0.05, 0.1) is 40.3 Å². The number of hydrogen-bond acceptors (Lipinski definition) is 4. The third-order valence-corrected chi connectivity index (χ3v) is 5.83. The Labute approximate surface area is 194 Å². The van der Waals surface area contributed by atoms with Crippen molar-refractivity contribution in [2.75, 3.05) is 5.32 Å². The minimum absolute atomic E-state index is 0.0312. The number of fused-ring (bicyclic) bond motifs is 1. The largest absolute Gasteiger partial charge is 0.417 e. The Morgan fingerprint density at radius 3 is 2.35 bits per heavy atom. The van der Waals surface area contributed by atoms with E-state index in [1.807, 2.05) is 42.8 Å². The van der Waals surface area contributed by atoms with Crippen molar-refractivity contribution in [3.63, 3.8) is 0 Å². The molecule has 0 fully saturated rings. The number of amides is 1. The Bertz CT molecular complexity index is 1400. The summed E-state index contributed by atoms with van der Waals surface area (Å²) >= 11 is 0. The van der Waals surface area contributed by atoms with Gasteiger partial charge in [-0.25, -0.2) is 9.67 Å². The molecule has 0 saturated heterocycles. The van der Waals surface area contributed by atoms with E-state index in [0.717, 1.165) is 22.9 Å². The number of hydrogen-bond donors (Lipinski definition) is 1. The molecule has 0 aliphatic heterocycles. The number of anilines is 1. The van der Waals surface area contributed by atoms with E-state index < -0.39 is 17.6 Å². The molecule has 7 nitrogen and oxygen atoms in total. The molecule has 0 aliphatic rings. The molecule has 3 heterocycles. The van der Waals surface area contributed by atoms with Gasteiger partial charge in [0.2, 0.25) is 5.91 Å². The number of carbonyl (C=O) groups is 1. The smallest absolute Gasteiger partial charge is 0.321 e. The fourth-order valence-electron chi connectivity index (χ4n) is 4.11. The maximum atomic E-state index is 13.6. The summed E-state index contributed by atoms with van der Waals surface area (Å²) in [5, 5.41) is 11.5. The lowest BCUT2D eigenvalue weighted by atomic mass is 10.1. The first-order valence-electron chi connectivity index (χ1n) is 10.8. The summed E-state index contributed by atoms with van der Waals surface area (Å²) < 4.78 is 43.7. The molecule has 1 amide bonds. The molecule has 0 saturated carbocycles. The zero-order chi connectivity index (χ0) is 24.8. The third-order valence-electron chi connectivity index (χ3n) is 5.83. The van der Waals surface area contributed by atoms with Gasteiger partial charge in [-0.2, -0.15) is 23.4 Å². The van der Waals surface area contributed by atoms with Gasteiger partial charge in [-0.15, -0.1) is 0 Å². The Balaban J connectivity index is 1.60. The van der Waals surface area contributed by atoms with Crippen LogP contribution in [-0.4, -0.2) is 30.5 Å². The highest BCUT2D eigenvalue weighted by atomic mass is 19.4. The fraction of sp³-hybridized carbons (Fsp3) is 0.333. The highest BCUT2D eigenvalue weighted by molar-refractivity contribution is 5.93. The summed E-state index contributed by atoms with van der Waals surface area (Å²) in [5.74, 6) is -0.428. The number of rotatable bonds is 5. The molecule has 3 aromatic heterocycles. The van der Waals surface area contributed by atoms with Gasteiger partial charge in [-0.3, -0.25) is 9.48 Å². The first-order valence-corrected chi connectivity index (χ1v) is 10.8. The number of aryl methyl sites for hydroxylation is 4. The van der Waals surface area contributed by atoms with Gasteiger partial charge < -0.3 is 5.32 Å². The number of benzene rings is 1. The van der Waals surface area contributed by atoms with Gasteiger partial charge in [0.15, 0.2) is 5.65 Å². The van der Waals surface area contributed by atoms with Crippen LogP contribution in [0, 0.1) is 34.6 Å². The van der Waals surface area contributed by atoms with Crippen LogP contribution in [0.1, 0.15) is 39.5 Å². The van der Waals surface area contributed by atoms with Crippen molar-refractivity contribution in [2.24, 2.45) is 0 Å². The van der Waals surface area contributed by atoms with E-state index in [1.165, 1.54) is 18.5 Å². The molecular weight excluding hydrogens is 445 g/mol. The molecule has 34 heavy (non-hydrogen) atoms. The van der Waals surface area contributed by atoms with Crippen LogP contribution in [-0.2, 0) is 24.1 Å². The van der Waals surface area contributed by atoms with Crippen LogP contribution < -0.4 is 5.32 Å². The van der Waals surface area contributed by atoms with Crippen molar-refractivity contribution in [2.45, 2.75) is 53.9 Å². The zero-order valence-corrected chi connectivity index (χ0v) is 19.6. The van der Waals surface area contributed by atoms with Crippen molar-refractivity contribution in [1.82, 2.24) is 24.5 Å². The molecule has 4 rings (SSSR count). The van der Waals surface area contributed by atoms with E-state index in [1.54, 1.807) is 6.92 Å². The van der Waals surface area contributed by atoms with Crippen molar-refractivity contribution >= 4 is 22.6 Å². The molecule has 10 heteroatoms. The number of alkyl halides is 3. The lowest BCUT2D eigenvalue weighted by Gasteiger charge is -2.10. The van der Waals surface area contributed by atoms with E-state index in [2.05, 4.69) is 20.5 Å². The topological polar surface area (TPSA) is 77.6 Å². The highest BCUT2D eigenvalue weighted by Gasteiger charge is 2.35. The molecule has 1 N–H and O–H groups in total. The second-order valence-electron chi connectivity index (χ2n) is 8.43. The third kappa shape index (κ3) is 4.40. The van der Waals surface area contributed by atoms with Crippen LogP contribution in [0.5, 0.6) is 0 Å². The SMILES string of the molecule is Cc1cc(C(F)(F)F)c2c(C)nn(CC(=O)Nc3c(C)nn(Cc4ccccc4C)c3C)c2n1. The Morgan fingerprint density at radius 1 is 1.00 bits per heavy atom.